The first-order chi connectivity index (χ1) is 12.2. The van der Waals surface area contributed by atoms with Gasteiger partial charge in [0.15, 0.2) is 0 Å². The number of para-hydroxylation sites is 1. The monoisotopic (exact) mass is 340 g/mol. The van der Waals surface area contributed by atoms with Crippen LogP contribution in [0.25, 0.3) is 0 Å². The Bertz CT molecular complexity index is 708. The molecule has 0 aliphatic carbocycles. The fraction of sp³-hybridized carbons (Fsp3) is 0.421. The zero-order valence-electron chi connectivity index (χ0n) is 14.8. The topological polar surface area (TPSA) is 58.6 Å². The molecule has 1 saturated heterocycles. The predicted octanol–water partition coefficient (Wildman–Crippen LogP) is 2.22. The van der Waals surface area contributed by atoms with Gasteiger partial charge in [0.2, 0.25) is 0 Å². The number of carbonyl (C=O) groups excluding carboxylic acids is 1. The number of rotatable bonds is 5. The van der Waals surface area contributed by atoms with Gasteiger partial charge in [0.25, 0.3) is 5.91 Å². The second-order valence-electron chi connectivity index (χ2n) is 6.25. The van der Waals surface area contributed by atoms with Crippen molar-refractivity contribution in [2.24, 2.45) is 0 Å². The first-order valence-electron chi connectivity index (χ1n) is 8.69. The van der Waals surface area contributed by atoms with Crippen LogP contribution < -0.4 is 4.74 Å². The summed E-state index contributed by atoms with van der Waals surface area (Å²) in [4.78, 5) is 16.9. The van der Waals surface area contributed by atoms with E-state index in [1.807, 2.05) is 30.0 Å². The highest BCUT2D eigenvalue weighted by molar-refractivity contribution is 5.94. The van der Waals surface area contributed by atoms with Crippen molar-refractivity contribution in [2.75, 3.05) is 26.2 Å². The van der Waals surface area contributed by atoms with Crippen molar-refractivity contribution in [1.29, 1.82) is 0 Å². The average molecular weight is 340 g/mol. The van der Waals surface area contributed by atoms with Crippen LogP contribution in [0.2, 0.25) is 0 Å². The summed E-state index contributed by atoms with van der Waals surface area (Å²) in [6.45, 7) is 7.97. The van der Waals surface area contributed by atoms with E-state index in [-0.39, 0.29) is 11.9 Å². The van der Waals surface area contributed by atoms with Crippen molar-refractivity contribution in [3.63, 3.8) is 0 Å². The lowest BCUT2D eigenvalue weighted by Crippen LogP contribution is -2.53. The van der Waals surface area contributed by atoms with Crippen LogP contribution in [0.5, 0.6) is 5.75 Å². The third kappa shape index (κ3) is 4.14. The Labute approximate surface area is 148 Å². The fourth-order valence-electron chi connectivity index (χ4n) is 3.23. The maximum Gasteiger partial charge on any atom is 0.255 e. The van der Waals surface area contributed by atoms with E-state index < -0.39 is 0 Å². The molecule has 1 aliphatic rings. The molecule has 2 aromatic rings. The van der Waals surface area contributed by atoms with Gasteiger partial charge in [0.05, 0.1) is 24.6 Å². The van der Waals surface area contributed by atoms with Gasteiger partial charge in [-0.15, -0.1) is 0 Å². The van der Waals surface area contributed by atoms with Gasteiger partial charge in [-0.2, -0.15) is 10.2 Å². The summed E-state index contributed by atoms with van der Waals surface area (Å²) in [5, 5.41) is 7.54. The zero-order valence-corrected chi connectivity index (χ0v) is 14.8. The Balaban J connectivity index is 1.63. The van der Waals surface area contributed by atoms with E-state index in [4.69, 9.17) is 4.74 Å². The highest BCUT2D eigenvalue weighted by Crippen LogP contribution is 2.22. The minimum atomic E-state index is 0.0248. The first kappa shape index (κ1) is 17.4. The highest BCUT2D eigenvalue weighted by atomic mass is 16.5. The van der Waals surface area contributed by atoms with E-state index in [2.05, 4.69) is 28.1 Å². The molecule has 0 N–H and O–H groups in total. The van der Waals surface area contributed by atoms with E-state index in [0.717, 1.165) is 25.4 Å². The molecule has 3 rings (SSSR count). The number of ether oxygens (including phenoxy) is 1. The summed E-state index contributed by atoms with van der Waals surface area (Å²) >= 11 is 0. The molecule has 6 nitrogen and oxygen atoms in total. The van der Waals surface area contributed by atoms with Crippen molar-refractivity contribution < 1.29 is 9.53 Å². The van der Waals surface area contributed by atoms with Crippen molar-refractivity contribution in [3.05, 3.63) is 53.9 Å². The molecule has 1 amide bonds. The molecule has 132 valence electrons. The summed E-state index contributed by atoms with van der Waals surface area (Å²) in [7, 11) is 0. The Morgan fingerprint density at radius 3 is 2.80 bits per heavy atom. The number of hydrogen-bond donors (Lipinski definition) is 0. The summed E-state index contributed by atoms with van der Waals surface area (Å²) in [6.07, 6.45) is 3.08. The molecule has 0 bridgehead atoms. The quantitative estimate of drug-likeness (QED) is 0.835. The Morgan fingerprint density at radius 2 is 2.08 bits per heavy atom. The minimum Gasteiger partial charge on any atom is -0.494 e. The van der Waals surface area contributed by atoms with E-state index in [0.29, 0.717) is 18.7 Å². The molecule has 1 fully saturated rings. The smallest absolute Gasteiger partial charge is 0.255 e. The minimum absolute atomic E-state index is 0.0248. The molecule has 0 radical (unpaired) electrons. The van der Waals surface area contributed by atoms with Crippen LogP contribution in [0.4, 0.5) is 0 Å². The Kier molecular flexibility index (Phi) is 5.60. The van der Waals surface area contributed by atoms with E-state index in [1.165, 1.54) is 11.8 Å². The zero-order chi connectivity index (χ0) is 17.6. The van der Waals surface area contributed by atoms with Gasteiger partial charge in [-0.05, 0) is 26.0 Å². The van der Waals surface area contributed by atoms with Gasteiger partial charge in [-0.1, -0.05) is 18.2 Å². The molecule has 0 spiro atoms. The van der Waals surface area contributed by atoms with Gasteiger partial charge in [-0.25, -0.2) is 0 Å². The molecular weight excluding hydrogens is 316 g/mol. The summed E-state index contributed by atoms with van der Waals surface area (Å²) in [5.74, 6) is 0.968. The number of piperazine rings is 1. The van der Waals surface area contributed by atoms with Gasteiger partial charge >= 0.3 is 0 Å². The van der Waals surface area contributed by atoms with Crippen LogP contribution in [-0.2, 0) is 6.54 Å². The third-order valence-corrected chi connectivity index (χ3v) is 4.47. The maximum atomic E-state index is 12.6. The summed E-state index contributed by atoms with van der Waals surface area (Å²) in [5.41, 5.74) is 1.78. The number of nitrogens with zero attached hydrogens (tertiary/aromatic N) is 4. The molecule has 0 saturated carbocycles. The van der Waals surface area contributed by atoms with Gasteiger partial charge in [-0.3, -0.25) is 9.69 Å². The van der Waals surface area contributed by atoms with Crippen LogP contribution in [0, 0.1) is 0 Å². The third-order valence-electron chi connectivity index (χ3n) is 4.47. The maximum absolute atomic E-state index is 12.6. The number of carbonyl (C=O) groups is 1. The SMILES string of the molecule is CCOc1ccccc1CN1CCN(C(=O)c2ccnnc2)C(C)C1. The lowest BCUT2D eigenvalue weighted by Gasteiger charge is -2.40. The number of benzene rings is 1. The molecule has 1 atom stereocenters. The Hall–Kier alpha value is -2.47. The predicted molar refractivity (Wildman–Crippen MR) is 95.4 cm³/mol. The molecular formula is C19H24N4O2. The van der Waals surface area contributed by atoms with Crippen LogP contribution in [0.1, 0.15) is 29.8 Å². The van der Waals surface area contributed by atoms with Gasteiger partial charge in [0.1, 0.15) is 5.75 Å². The van der Waals surface area contributed by atoms with Crippen LogP contribution >= 0.6 is 0 Å². The second-order valence-corrected chi connectivity index (χ2v) is 6.25. The largest absolute Gasteiger partial charge is 0.494 e. The first-order valence-corrected chi connectivity index (χ1v) is 8.69. The highest BCUT2D eigenvalue weighted by Gasteiger charge is 2.28. The summed E-state index contributed by atoms with van der Waals surface area (Å²) in [6, 6.07) is 10.0. The van der Waals surface area contributed by atoms with Crippen molar-refractivity contribution >= 4 is 5.91 Å². The van der Waals surface area contributed by atoms with E-state index >= 15 is 0 Å². The molecule has 1 aliphatic heterocycles. The molecule has 1 unspecified atom stereocenters. The average Bonchev–Trinajstić information content (AvgIpc) is 2.64. The normalized spacial score (nSPS) is 18.2. The van der Waals surface area contributed by atoms with E-state index in [9.17, 15) is 4.79 Å². The van der Waals surface area contributed by atoms with Crippen molar-refractivity contribution in [1.82, 2.24) is 20.0 Å². The Morgan fingerprint density at radius 1 is 1.24 bits per heavy atom. The van der Waals surface area contributed by atoms with Crippen LogP contribution in [0.3, 0.4) is 0 Å². The molecule has 2 heterocycles. The lowest BCUT2D eigenvalue weighted by molar-refractivity contribution is 0.0473. The van der Waals surface area contributed by atoms with E-state index in [1.54, 1.807) is 12.3 Å². The number of aromatic nitrogens is 2. The summed E-state index contributed by atoms with van der Waals surface area (Å²) < 4.78 is 5.72. The number of hydrogen-bond acceptors (Lipinski definition) is 5. The number of amides is 1. The molecule has 25 heavy (non-hydrogen) atoms. The van der Waals surface area contributed by atoms with Gasteiger partial charge in [0, 0.05) is 37.8 Å². The van der Waals surface area contributed by atoms with Crippen LogP contribution in [-0.4, -0.2) is 58.2 Å². The standard InChI is InChI=1S/C19H24N4O2/c1-3-25-18-7-5-4-6-17(18)14-22-10-11-23(15(2)13-22)19(24)16-8-9-20-21-12-16/h4-9,12,15H,3,10-11,13-14H2,1-2H3. The van der Waals surface area contributed by atoms with Crippen molar-refractivity contribution in [2.45, 2.75) is 26.4 Å². The molecule has 6 heteroatoms. The molecule has 1 aromatic carbocycles. The fourth-order valence-corrected chi connectivity index (χ4v) is 3.23. The van der Waals surface area contributed by atoms with Gasteiger partial charge < -0.3 is 9.64 Å². The lowest BCUT2D eigenvalue weighted by atomic mass is 10.1. The van der Waals surface area contributed by atoms with Crippen molar-refractivity contribution in [3.8, 4) is 5.75 Å². The second kappa shape index (κ2) is 8.07. The van der Waals surface area contributed by atoms with Crippen LogP contribution in [0.15, 0.2) is 42.7 Å². The molecule has 1 aromatic heterocycles.